The van der Waals surface area contributed by atoms with Crippen LogP contribution in [0.4, 0.5) is 0 Å². The van der Waals surface area contributed by atoms with Crippen LogP contribution in [-0.2, 0) is 19.4 Å². The second-order valence-electron chi connectivity index (χ2n) is 9.43. The molecule has 0 aliphatic rings. The van der Waals surface area contributed by atoms with Crippen molar-refractivity contribution in [2.45, 2.75) is 60.9 Å². The Morgan fingerprint density at radius 2 is 1.35 bits per heavy atom. The average molecular weight is 348 g/mol. The summed E-state index contributed by atoms with van der Waals surface area (Å²) in [5.41, 5.74) is 4.70. The molecule has 2 rings (SSSR count). The van der Waals surface area contributed by atoms with Gasteiger partial charge in [-0.1, -0.05) is 59.7 Å². The number of aromatic nitrogens is 2. The van der Waals surface area contributed by atoms with Crippen molar-refractivity contribution >= 4 is 0 Å². The topological polar surface area (TPSA) is 65.4 Å². The molecule has 1 aromatic carbocycles. The Bertz CT molecular complexity index is 827. The Kier molecular flexibility index (Phi) is 5.57. The Hall–Kier alpha value is -2.59. The molecular formula is C22H28N4. The van der Waals surface area contributed by atoms with E-state index >= 15 is 0 Å². The van der Waals surface area contributed by atoms with E-state index < -0.39 is 0 Å². The molecule has 2 aromatic rings. The normalized spacial score (nSPS) is 11.8. The second-order valence-corrected chi connectivity index (χ2v) is 9.43. The summed E-state index contributed by atoms with van der Waals surface area (Å²) in [6.07, 6.45) is 3.57. The number of hydrogen-bond acceptors (Lipinski definition) is 3. The van der Waals surface area contributed by atoms with Crippen molar-refractivity contribution in [1.82, 2.24) is 9.55 Å². The fourth-order valence-electron chi connectivity index (χ4n) is 3.26. The van der Waals surface area contributed by atoms with Crippen molar-refractivity contribution < 1.29 is 0 Å². The molecule has 0 radical (unpaired) electrons. The van der Waals surface area contributed by atoms with E-state index in [1.54, 1.807) is 10.9 Å². The first kappa shape index (κ1) is 19.7. The summed E-state index contributed by atoms with van der Waals surface area (Å²) in [5.74, 6) is 0. The van der Waals surface area contributed by atoms with Gasteiger partial charge in [0.25, 0.3) is 0 Å². The van der Waals surface area contributed by atoms with Crippen molar-refractivity contribution in [2.75, 3.05) is 0 Å². The average Bonchev–Trinajstić information content (AvgIpc) is 2.84. The van der Waals surface area contributed by atoms with Crippen LogP contribution in [0, 0.1) is 33.5 Å². The van der Waals surface area contributed by atoms with Gasteiger partial charge in [-0.15, -0.1) is 0 Å². The largest absolute Gasteiger partial charge is 0.317 e. The third kappa shape index (κ3) is 5.46. The number of nitrogens with zero attached hydrogens (tertiary/aromatic N) is 4. The molecule has 4 heteroatoms. The lowest BCUT2D eigenvalue weighted by molar-refractivity contribution is 0.405. The van der Waals surface area contributed by atoms with Crippen LogP contribution in [0.5, 0.6) is 0 Å². The molecule has 0 aliphatic carbocycles. The maximum atomic E-state index is 9.35. The predicted octanol–water partition coefficient (Wildman–Crippen LogP) is 4.85. The predicted molar refractivity (Wildman–Crippen MR) is 104 cm³/mol. The van der Waals surface area contributed by atoms with E-state index in [-0.39, 0.29) is 16.5 Å². The molecule has 0 spiro atoms. The van der Waals surface area contributed by atoms with E-state index in [1.807, 2.05) is 6.07 Å². The first-order valence-electron chi connectivity index (χ1n) is 8.98. The van der Waals surface area contributed by atoms with Crippen molar-refractivity contribution in [2.24, 2.45) is 10.8 Å². The summed E-state index contributed by atoms with van der Waals surface area (Å²) in [4.78, 5) is 4.04. The van der Waals surface area contributed by atoms with Gasteiger partial charge in [0.15, 0.2) is 11.4 Å². The molecule has 4 nitrogen and oxygen atoms in total. The molecule has 0 fully saturated rings. The molecule has 0 saturated carbocycles. The van der Waals surface area contributed by atoms with E-state index in [0.29, 0.717) is 12.2 Å². The minimum atomic E-state index is 0.188. The lowest BCUT2D eigenvalue weighted by Gasteiger charge is -2.22. The molecule has 0 bridgehead atoms. The zero-order valence-corrected chi connectivity index (χ0v) is 16.7. The van der Waals surface area contributed by atoms with Gasteiger partial charge in [-0.05, 0) is 40.4 Å². The number of benzene rings is 1. The van der Waals surface area contributed by atoms with Crippen LogP contribution in [0.15, 0.2) is 24.5 Å². The van der Waals surface area contributed by atoms with Crippen molar-refractivity contribution in [3.63, 3.8) is 0 Å². The molecule has 1 aromatic heterocycles. The van der Waals surface area contributed by atoms with Crippen LogP contribution < -0.4 is 0 Å². The number of nitriles is 2. The highest BCUT2D eigenvalue weighted by Crippen LogP contribution is 2.26. The standard InChI is InChI=1S/C22H28N4/c1-21(2,3)10-16-7-17(11-22(4,5)6)9-18(8-16)14-26-15-25-19(12-23)20(26)13-24/h7-9,15H,10-11,14H2,1-6H3. The van der Waals surface area contributed by atoms with Gasteiger partial charge in [-0.3, -0.25) is 0 Å². The number of rotatable bonds is 4. The smallest absolute Gasteiger partial charge is 0.176 e. The Morgan fingerprint density at radius 1 is 0.846 bits per heavy atom. The van der Waals surface area contributed by atoms with Crippen LogP contribution in [-0.4, -0.2) is 9.55 Å². The van der Waals surface area contributed by atoms with Crippen LogP contribution in [0.2, 0.25) is 0 Å². The van der Waals surface area contributed by atoms with Gasteiger partial charge in [0, 0.05) is 6.54 Å². The quantitative estimate of drug-likeness (QED) is 0.793. The molecule has 0 atom stereocenters. The molecule has 0 amide bonds. The van der Waals surface area contributed by atoms with E-state index in [9.17, 15) is 5.26 Å². The van der Waals surface area contributed by atoms with Crippen LogP contribution in [0.1, 0.15) is 69.6 Å². The first-order valence-corrected chi connectivity index (χ1v) is 8.98. The van der Waals surface area contributed by atoms with Gasteiger partial charge in [-0.25, -0.2) is 4.98 Å². The highest BCUT2D eigenvalue weighted by atomic mass is 15.1. The summed E-state index contributed by atoms with van der Waals surface area (Å²) in [6.45, 7) is 14.0. The van der Waals surface area contributed by atoms with Crippen molar-refractivity contribution in [3.05, 3.63) is 52.6 Å². The third-order valence-corrected chi connectivity index (χ3v) is 3.98. The lowest BCUT2D eigenvalue weighted by Crippen LogP contribution is -2.13. The summed E-state index contributed by atoms with van der Waals surface area (Å²) in [7, 11) is 0. The van der Waals surface area contributed by atoms with Gasteiger partial charge in [0.1, 0.15) is 12.1 Å². The number of hydrogen-bond donors (Lipinski definition) is 0. The minimum absolute atomic E-state index is 0.188. The van der Waals surface area contributed by atoms with Gasteiger partial charge in [-0.2, -0.15) is 10.5 Å². The Balaban J connectivity index is 2.42. The van der Waals surface area contributed by atoms with Crippen LogP contribution >= 0.6 is 0 Å². The summed E-state index contributed by atoms with van der Waals surface area (Å²) >= 11 is 0. The summed E-state index contributed by atoms with van der Waals surface area (Å²) in [6, 6.07) is 10.8. The van der Waals surface area contributed by atoms with E-state index in [2.05, 4.69) is 70.8 Å². The Morgan fingerprint density at radius 3 is 1.77 bits per heavy atom. The zero-order chi connectivity index (χ0) is 19.5. The SMILES string of the molecule is CC(C)(C)Cc1cc(Cn2cnc(C#N)c2C#N)cc(CC(C)(C)C)c1. The number of imidazole rings is 1. The van der Waals surface area contributed by atoms with E-state index in [4.69, 9.17) is 5.26 Å². The minimum Gasteiger partial charge on any atom is -0.317 e. The van der Waals surface area contributed by atoms with Gasteiger partial charge >= 0.3 is 0 Å². The highest BCUT2D eigenvalue weighted by molar-refractivity contribution is 5.38. The summed E-state index contributed by atoms with van der Waals surface area (Å²) in [5, 5.41) is 18.4. The fraction of sp³-hybridized carbons (Fsp3) is 0.500. The van der Waals surface area contributed by atoms with E-state index in [0.717, 1.165) is 18.4 Å². The molecule has 0 unspecified atom stereocenters. The van der Waals surface area contributed by atoms with Crippen LogP contribution in [0.25, 0.3) is 0 Å². The van der Waals surface area contributed by atoms with Gasteiger partial charge in [0.05, 0.1) is 6.33 Å². The van der Waals surface area contributed by atoms with Gasteiger partial charge < -0.3 is 4.57 Å². The van der Waals surface area contributed by atoms with Crippen molar-refractivity contribution in [3.8, 4) is 12.1 Å². The monoisotopic (exact) mass is 348 g/mol. The molecule has 1 heterocycles. The summed E-state index contributed by atoms with van der Waals surface area (Å²) < 4.78 is 1.76. The molecule has 0 saturated heterocycles. The molecule has 136 valence electrons. The van der Waals surface area contributed by atoms with E-state index in [1.165, 1.54) is 11.1 Å². The molecule has 26 heavy (non-hydrogen) atoms. The first-order chi connectivity index (χ1) is 12.0. The second kappa shape index (κ2) is 7.34. The molecular weight excluding hydrogens is 320 g/mol. The zero-order valence-electron chi connectivity index (χ0n) is 16.7. The third-order valence-electron chi connectivity index (χ3n) is 3.98. The Labute approximate surface area is 157 Å². The lowest BCUT2D eigenvalue weighted by atomic mass is 9.84. The molecule has 0 N–H and O–H groups in total. The fourth-order valence-corrected chi connectivity index (χ4v) is 3.26. The molecule has 0 aliphatic heterocycles. The highest BCUT2D eigenvalue weighted by Gasteiger charge is 2.17. The van der Waals surface area contributed by atoms with Crippen molar-refractivity contribution in [1.29, 1.82) is 10.5 Å². The maximum absolute atomic E-state index is 9.35. The van der Waals surface area contributed by atoms with Gasteiger partial charge in [0.2, 0.25) is 0 Å². The maximum Gasteiger partial charge on any atom is 0.176 e. The van der Waals surface area contributed by atoms with Crippen LogP contribution in [0.3, 0.4) is 0 Å².